The van der Waals surface area contributed by atoms with Crippen molar-refractivity contribution < 1.29 is 9.53 Å². The second-order valence-corrected chi connectivity index (χ2v) is 6.80. The van der Waals surface area contributed by atoms with Crippen LogP contribution in [-0.2, 0) is 4.74 Å². The molecule has 0 radical (unpaired) electrons. The van der Waals surface area contributed by atoms with Crippen molar-refractivity contribution in [2.24, 2.45) is 0 Å². The van der Waals surface area contributed by atoms with Gasteiger partial charge in [0.05, 0.1) is 18.8 Å². The molecule has 3 fully saturated rings. The Kier molecular flexibility index (Phi) is 3.64. The highest BCUT2D eigenvalue weighted by atomic mass is 16.5. The number of morpholine rings is 1. The molecular weight excluding hydrogens is 256 g/mol. The first kappa shape index (κ1) is 14.1. The van der Waals surface area contributed by atoms with Gasteiger partial charge in [0.25, 0.3) is 0 Å². The van der Waals surface area contributed by atoms with E-state index in [1.807, 2.05) is 18.7 Å². The third kappa shape index (κ3) is 2.40. The van der Waals surface area contributed by atoms with Crippen molar-refractivity contribution in [2.75, 3.05) is 53.0 Å². The molecule has 3 rings (SSSR count). The molecule has 20 heavy (non-hydrogen) atoms. The van der Waals surface area contributed by atoms with Crippen molar-refractivity contribution >= 4 is 6.03 Å². The van der Waals surface area contributed by atoms with Crippen LogP contribution in [0, 0.1) is 0 Å². The molecule has 0 saturated carbocycles. The number of ether oxygens (including phenoxy) is 1. The van der Waals surface area contributed by atoms with E-state index in [-0.39, 0.29) is 17.6 Å². The predicted octanol–water partition coefficient (Wildman–Crippen LogP) is -0.195. The number of amides is 2. The average molecular weight is 282 g/mol. The third-order valence-corrected chi connectivity index (χ3v) is 4.59. The van der Waals surface area contributed by atoms with Gasteiger partial charge in [-0.3, -0.25) is 4.90 Å². The minimum Gasteiger partial charge on any atom is -0.378 e. The van der Waals surface area contributed by atoms with E-state index in [1.54, 1.807) is 0 Å². The molecule has 3 aliphatic heterocycles. The molecule has 3 aliphatic rings. The van der Waals surface area contributed by atoms with Crippen molar-refractivity contribution in [1.29, 1.82) is 0 Å². The first-order valence-electron chi connectivity index (χ1n) is 7.59. The molecule has 1 N–H and O–H groups in total. The van der Waals surface area contributed by atoms with Crippen LogP contribution in [-0.4, -0.2) is 91.3 Å². The van der Waals surface area contributed by atoms with Crippen LogP contribution in [0.3, 0.4) is 0 Å². The molecule has 1 atom stereocenters. The molecule has 6 nitrogen and oxygen atoms in total. The van der Waals surface area contributed by atoms with Crippen molar-refractivity contribution in [3.05, 3.63) is 0 Å². The fraction of sp³-hybridized carbons (Fsp3) is 0.929. The Hall–Kier alpha value is -0.850. The zero-order valence-electron chi connectivity index (χ0n) is 12.8. The van der Waals surface area contributed by atoms with Crippen LogP contribution in [0.15, 0.2) is 0 Å². The summed E-state index contributed by atoms with van der Waals surface area (Å²) in [5.41, 5.74) is 0.149. The number of rotatable bonds is 1. The van der Waals surface area contributed by atoms with Crippen LogP contribution >= 0.6 is 0 Å². The van der Waals surface area contributed by atoms with Crippen LogP contribution < -0.4 is 5.32 Å². The Morgan fingerprint density at radius 3 is 2.80 bits per heavy atom. The van der Waals surface area contributed by atoms with Gasteiger partial charge in [-0.15, -0.1) is 0 Å². The fourth-order valence-corrected chi connectivity index (χ4v) is 3.88. The molecule has 0 aromatic rings. The summed E-state index contributed by atoms with van der Waals surface area (Å²) in [6, 6.07) is 0.755. The summed E-state index contributed by atoms with van der Waals surface area (Å²) in [5, 5.41) is 2.98. The fourth-order valence-electron chi connectivity index (χ4n) is 3.88. The number of nitrogens with one attached hydrogen (secondary N) is 1. The number of hydrogen-bond donors (Lipinski definition) is 1. The number of piperazine rings is 1. The second kappa shape index (κ2) is 5.16. The molecule has 3 heterocycles. The Morgan fingerprint density at radius 1 is 1.35 bits per heavy atom. The van der Waals surface area contributed by atoms with E-state index in [2.05, 4.69) is 22.2 Å². The maximum absolute atomic E-state index is 12.1. The number of urea groups is 1. The summed E-state index contributed by atoms with van der Waals surface area (Å²) in [5.74, 6) is 0. The van der Waals surface area contributed by atoms with E-state index in [0.717, 1.165) is 45.9 Å². The summed E-state index contributed by atoms with van der Waals surface area (Å²) >= 11 is 0. The van der Waals surface area contributed by atoms with E-state index >= 15 is 0 Å². The molecule has 1 spiro atoms. The van der Waals surface area contributed by atoms with Gasteiger partial charge in [-0.1, -0.05) is 0 Å². The molecule has 2 amide bonds. The summed E-state index contributed by atoms with van der Waals surface area (Å²) in [6.07, 6.45) is 0. The molecule has 0 bridgehead atoms. The maximum Gasteiger partial charge on any atom is 0.317 e. The molecule has 0 aromatic heterocycles. The minimum atomic E-state index is 0.0728. The van der Waals surface area contributed by atoms with Gasteiger partial charge < -0.3 is 19.9 Å². The summed E-state index contributed by atoms with van der Waals surface area (Å²) in [7, 11) is 2.17. The zero-order chi connectivity index (χ0) is 14.3. The lowest BCUT2D eigenvalue weighted by atomic mass is 9.83. The van der Waals surface area contributed by atoms with Crippen LogP contribution in [0.1, 0.15) is 13.8 Å². The lowest BCUT2D eigenvalue weighted by Crippen LogP contribution is -2.81. The highest BCUT2D eigenvalue weighted by Gasteiger charge is 2.54. The quantitative estimate of drug-likeness (QED) is 0.724. The largest absolute Gasteiger partial charge is 0.378 e. The van der Waals surface area contributed by atoms with Gasteiger partial charge in [0.15, 0.2) is 0 Å². The number of nitrogens with zero attached hydrogens (tertiary/aromatic N) is 3. The Labute approximate surface area is 121 Å². The number of likely N-dealkylation sites (N-methyl/N-ethyl adjacent to an activating group) is 1. The van der Waals surface area contributed by atoms with E-state index < -0.39 is 0 Å². The first-order chi connectivity index (χ1) is 9.50. The van der Waals surface area contributed by atoms with Gasteiger partial charge in [-0.05, 0) is 20.9 Å². The van der Waals surface area contributed by atoms with Crippen molar-refractivity contribution in [1.82, 2.24) is 20.0 Å². The topological polar surface area (TPSA) is 48.1 Å². The lowest BCUT2D eigenvalue weighted by molar-refractivity contribution is -0.151. The molecular formula is C14H26N4O2. The molecule has 114 valence electrons. The van der Waals surface area contributed by atoms with Crippen molar-refractivity contribution in [3.63, 3.8) is 0 Å². The van der Waals surface area contributed by atoms with Crippen molar-refractivity contribution in [3.8, 4) is 0 Å². The number of likely N-dealkylation sites (tertiary alicyclic amines) is 1. The monoisotopic (exact) mass is 282 g/mol. The summed E-state index contributed by atoms with van der Waals surface area (Å²) in [6.45, 7) is 10.4. The standard InChI is InChI=1S/C14H26N4O2/c1-11(2)15-13(19)17-9-14(10-17)8-16(3)6-12-7-20-5-4-18(12)14/h11-12H,4-10H2,1-3H3,(H,15,19)/t12-/m1/s1. The Balaban J connectivity index is 1.65. The molecule has 6 heteroatoms. The lowest BCUT2D eigenvalue weighted by Gasteiger charge is -2.62. The highest BCUT2D eigenvalue weighted by Crippen LogP contribution is 2.35. The van der Waals surface area contributed by atoms with E-state index in [0.29, 0.717) is 6.04 Å². The predicted molar refractivity (Wildman–Crippen MR) is 76.8 cm³/mol. The van der Waals surface area contributed by atoms with Crippen LogP contribution in [0.4, 0.5) is 4.79 Å². The van der Waals surface area contributed by atoms with E-state index in [9.17, 15) is 4.79 Å². The van der Waals surface area contributed by atoms with Crippen LogP contribution in [0.25, 0.3) is 0 Å². The first-order valence-corrected chi connectivity index (χ1v) is 7.59. The van der Waals surface area contributed by atoms with Crippen molar-refractivity contribution in [2.45, 2.75) is 31.5 Å². The molecule has 0 aromatic carbocycles. The average Bonchev–Trinajstić information content (AvgIpc) is 2.33. The van der Waals surface area contributed by atoms with Crippen LogP contribution in [0.5, 0.6) is 0 Å². The highest BCUT2D eigenvalue weighted by molar-refractivity contribution is 5.76. The minimum absolute atomic E-state index is 0.0728. The zero-order valence-corrected chi connectivity index (χ0v) is 12.8. The Bertz CT molecular complexity index is 381. The second-order valence-electron chi connectivity index (χ2n) is 6.80. The van der Waals surface area contributed by atoms with Gasteiger partial charge >= 0.3 is 6.03 Å². The summed E-state index contributed by atoms with van der Waals surface area (Å²) in [4.78, 5) is 19.0. The number of carbonyl (C=O) groups excluding carboxylic acids is 1. The number of fused-ring (bicyclic) bond motifs is 2. The number of carbonyl (C=O) groups is 1. The van der Waals surface area contributed by atoms with Gasteiger partial charge in [0, 0.05) is 44.8 Å². The van der Waals surface area contributed by atoms with Gasteiger partial charge in [-0.2, -0.15) is 0 Å². The molecule has 3 saturated heterocycles. The van der Waals surface area contributed by atoms with E-state index in [1.165, 1.54) is 0 Å². The van der Waals surface area contributed by atoms with Gasteiger partial charge in [0.1, 0.15) is 0 Å². The molecule has 0 aliphatic carbocycles. The summed E-state index contributed by atoms with van der Waals surface area (Å²) < 4.78 is 5.61. The normalized spacial score (nSPS) is 30.2. The maximum atomic E-state index is 12.1. The smallest absolute Gasteiger partial charge is 0.317 e. The molecule has 0 unspecified atom stereocenters. The SMILES string of the molecule is CC(C)NC(=O)N1CC2(CN(C)C[C@@H]3COCCN32)C1. The van der Waals surface area contributed by atoms with E-state index in [4.69, 9.17) is 4.74 Å². The van der Waals surface area contributed by atoms with Gasteiger partial charge in [-0.25, -0.2) is 4.79 Å². The van der Waals surface area contributed by atoms with Gasteiger partial charge in [0.2, 0.25) is 0 Å². The third-order valence-electron chi connectivity index (χ3n) is 4.59. The van der Waals surface area contributed by atoms with Crippen LogP contribution in [0.2, 0.25) is 0 Å². The Morgan fingerprint density at radius 2 is 2.10 bits per heavy atom. The number of hydrogen-bond acceptors (Lipinski definition) is 4.